The van der Waals surface area contributed by atoms with Gasteiger partial charge in [0, 0.05) is 25.8 Å². The fraction of sp³-hybridized carbons (Fsp3) is 0.429. The Labute approximate surface area is 112 Å². The molecule has 3 heterocycles. The van der Waals surface area contributed by atoms with Gasteiger partial charge in [-0.15, -0.1) is 0 Å². The maximum Gasteiger partial charge on any atom is 0.272 e. The van der Waals surface area contributed by atoms with Crippen LogP contribution in [-0.2, 0) is 0 Å². The summed E-state index contributed by atoms with van der Waals surface area (Å²) in [7, 11) is 0. The monoisotopic (exact) mass is 258 g/mol. The van der Waals surface area contributed by atoms with E-state index in [1.807, 2.05) is 40.6 Å². The molecule has 2 aromatic heterocycles. The molecule has 1 fully saturated rings. The van der Waals surface area contributed by atoms with E-state index < -0.39 is 0 Å². The maximum atomic E-state index is 12.7. The molecule has 5 nitrogen and oxygen atoms in total. The van der Waals surface area contributed by atoms with Gasteiger partial charge in [0.15, 0.2) is 0 Å². The molecule has 1 N–H and O–H groups in total. The van der Waals surface area contributed by atoms with Crippen molar-refractivity contribution in [2.75, 3.05) is 26.2 Å². The zero-order chi connectivity index (χ0) is 13.2. The lowest BCUT2D eigenvalue weighted by atomic mass is 10.3. The molecule has 1 amide bonds. The molecule has 0 aromatic carbocycles. The predicted octanol–water partition coefficient (Wildman–Crippen LogP) is 1.08. The zero-order valence-corrected chi connectivity index (χ0v) is 11.1. The molecule has 0 aliphatic carbocycles. The van der Waals surface area contributed by atoms with Gasteiger partial charge < -0.3 is 10.2 Å². The lowest BCUT2D eigenvalue weighted by Crippen LogP contribution is -2.35. The fourth-order valence-corrected chi connectivity index (χ4v) is 2.57. The average Bonchev–Trinajstić information content (AvgIpc) is 2.61. The first-order valence-corrected chi connectivity index (χ1v) is 6.71. The Morgan fingerprint density at radius 2 is 2.21 bits per heavy atom. The van der Waals surface area contributed by atoms with Crippen molar-refractivity contribution < 1.29 is 4.79 Å². The summed E-state index contributed by atoms with van der Waals surface area (Å²) in [4.78, 5) is 19.1. The van der Waals surface area contributed by atoms with Gasteiger partial charge in [-0.3, -0.25) is 9.20 Å². The Morgan fingerprint density at radius 3 is 3.11 bits per heavy atom. The number of hydrogen-bond donors (Lipinski definition) is 1. The topological polar surface area (TPSA) is 49.6 Å². The van der Waals surface area contributed by atoms with Gasteiger partial charge in [0.2, 0.25) is 0 Å². The van der Waals surface area contributed by atoms with Crippen LogP contribution in [0.1, 0.15) is 22.6 Å². The van der Waals surface area contributed by atoms with E-state index in [9.17, 15) is 4.79 Å². The summed E-state index contributed by atoms with van der Waals surface area (Å²) in [6.45, 7) is 5.32. The van der Waals surface area contributed by atoms with Crippen LogP contribution >= 0.6 is 0 Å². The third-order valence-corrected chi connectivity index (χ3v) is 3.53. The molecule has 1 aliphatic rings. The Kier molecular flexibility index (Phi) is 3.21. The predicted molar refractivity (Wildman–Crippen MR) is 73.3 cm³/mol. The summed E-state index contributed by atoms with van der Waals surface area (Å²) < 4.78 is 1.88. The Hall–Kier alpha value is -1.88. The summed E-state index contributed by atoms with van der Waals surface area (Å²) in [5.74, 6) is 0.0832. The van der Waals surface area contributed by atoms with Crippen LogP contribution in [-0.4, -0.2) is 46.4 Å². The number of carbonyl (C=O) groups excluding carboxylic acids is 1. The molecular weight excluding hydrogens is 240 g/mol. The Balaban J connectivity index is 1.98. The summed E-state index contributed by atoms with van der Waals surface area (Å²) in [5, 5.41) is 3.31. The number of rotatable bonds is 1. The van der Waals surface area contributed by atoms with E-state index in [2.05, 4.69) is 10.3 Å². The van der Waals surface area contributed by atoms with Crippen molar-refractivity contribution in [2.24, 2.45) is 0 Å². The highest BCUT2D eigenvalue weighted by Crippen LogP contribution is 2.14. The largest absolute Gasteiger partial charge is 0.336 e. The number of nitrogens with one attached hydrogen (secondary N) is 1. The normalized spacial score (nSPS) is 16.6. The minimum atomic E-state index is 0.0832. The molecule has 1 saturated heterocycles. The summed E-state index contributed by atoms with van der Waals surface area (Å²) in [6, 6.07) is 5.79. The molecule has 2 aromatic rings. The minimum Gasteiger partial charge on any atom is -0.336 e. The first kappa shape index (κ1) is 12.2. The van der Waals surface area contributed by atoms with E-state index in [1.165, 1.54) is 0 Å². The van der Waals surface area contributed by atoms with E-state index in [1.54, 1.807) is 0 Å². The summed E-state index contributed by atoms with van der Waals surface area (Å²) in [6.07, 6.45) is 2.90. The zero-order valence-electron chi connectivity index (χ0n) is 11.1. The Bertz CT molecular complexity index is 597. The third kappa shape index (κ3) is 2.21. The van der Waals surface area contributed by atoms with Gasteiger partial charge in [-0.2, -0.15) is 0 Å². The van der Waals surface area contributed by atoms with Gasteiger partial charge in [-0.05, 0) is 32.0 Å². The second-order valence-electron chi connectivity index (χ2n) is 4.87. The van der Waals surface area contributed by atoms with Crippen LogP contribution in [0.15, 0.2) is 24.4 Å². The number of pyridine rings is 1. The highest BCUT2D eigenvalue weighted by molar-refractivity contribution is 5.94. The molecule has 1 aliphatic heterocycles. The van der Waals surface area contributed by atoms with Crippen LogP contribution in [0.4, 0.5) is 0 Å². The van der Waals surface area contributed by atoms with Crippen molar-refractivity contribution in [3.05, 3.63) is 35.8 Å². The van der Waals surface area contributed by atoms with Crippen molar-refractivity contribution in [1.29, 1.82) is 0 Å². The minimum absolute atomic E-state index is 0.0832. The number of aromatic nitrogens is 2. The van der Waals surface area contributed by atoms with Crippen LogP contribution in [0, 0.1) is 6.92 Å². The molecule has 19 heavy (non-hydrogen) atoms. The van der Waals surface area contributed by atoms with Crippen LogP contribution in [0.3, 0.4) is 0 Å². The third-order valence-electron chi connectivity index (χ3n) is 3.53. The number of imidazole rings is 1. The molecule has 5 heteroatoms. The summed E-state index contributed by atoms with van der Waals surface area (Å²) >= 11 is 0. The average molecular weight is 258 g/mol. The molecule has 0 radical (unpaired) electrons. The number of carbonyl (C=O) groups is 1. The highest BCUT2D eigenvalue weighted by atomic mass is 16.2. The van der Waals surface area contributed by atoms with Crippen molar-refractivity contribution in [3.8, 4) is 0 Å². The molecule has 100 valence electrons. The number of hydrogen-bond acceptors (Lipinski definition) is 3. The Morgan fingerprint density at radius 1 is 1.32 bits per heavy atom. The van der Waals surface area contributed by atoms with Crippen LogP contribution in [0.5, 0.6) is 0 Å². The van der Waals surface area contributed by atoms with E-state index in [-0.39, 0.29) is 5.91 Å². The van der Waals surface area contributed by atoms with E-state index in [0.717, 1.165) is 43.9 Å². The maximum absolute atomic E-state index is 12.7. The number of nitrogens with zero attached hydrogens (tertiary/aromatic N) is 3. The molecule has 0 spiro atoms. The summed E-state index contributed by atoms with van der Waals surface area (Å²) in [5.41, 5.74) is 2.32. The number of aryl methyl sites for hydroxylation is 1. The van der Waals surface area contributed by atoms with Gasteiger partial charge in [0.1, 0.15) is 11.3 Å². The number of fused-ring (bicyclic) bond motifs is 1. The lowest BCUT2D eigenvalue weighted by Gasteiger charge is -2.19. The van der Waals surface area contributed by atoms with Crippen LogP contribution in [0.25, 0.3) is 5.65 Å². The first-order valence-electron chi connectivity index (χ1n) is 6.71. The van der Waals surface area contributed by atoms with Crippen molar-refractivity contribution in [2.45, 2.75) is 13.3 Å². The molecule has 0 bridgehead atoms. The first-order chi connectivity index (χ1) is 9.27. The highest BCUT2D eigenvalue weighted by Gasteiger charge is 2.22. The number of amides is 1. The van der Waals surface area contributed by atoms with Gasteiger partial charge in [0.05, 0.1) is 5.69 Å². The molecule has 0 unspecified atom stereocenters. The van der Waals surface area contributed by atoms with Gasteiger partial charge in [0.25, 0.3) is 5.91 Å². The quantitative estimate of drug-likeness (QED) is 0.832. The second kappa shape index (κ2) is 5.01. The van der Waals surface area contributed by atoms with Gasteiger partial charge >= 0.3 is 0 Å². The van der Waals surface area contributed by atoms with Gasteiger partial charge in [-0.1, -0.05) is 6.07 Å². The SMILES string of the molecule is Cc1nc2ccccn2c1C(=O)N1CCCNCC1. The van der Waals surface area contributed by atoms with Crippen molar-refractivity contribution in [1.82, 2.24) is 19.6 Å². The van der Waals surface area contributed by atoms with Crippen LogP contribution < -0.4 is 5.32 Å². The molecule has 0 atom stereocenters. The lowest BCUT2D eigenvalue weighted by molar-refractivity contribution is 0.0758. The van der Waals surface area contributed by atoms with Crippen molar-refractivity contribution in [3.63, 3.8) is 0 Å². The molecular formula is C14H18N4O. The van der Waals surface area contributed by atoms with Crippen molar-refractivity contribution >= 4 is 11.6 Å². The standard InChI is InChI=1S/C14H18N4O/c1-11-13(18-9-3-2-5-12(18)16-11)14(19)17-8-4-6-15-7-10-17/h2-3,5,9,15H,4,6-8,10H2,1H3. The van der Waals surface area contributed by atoms with Gasteiger partial charge in [-0.25, -0.2) is 4.98 Å². The second-order valence-corrected chi connectivity index (χ2v) is 4.87. The fourth-order valence-electron chi connectivity index (χ4n) is 2.57. The van der Waals surface area contributed by atoms with E-state index in [0.29, 0.717) is 5.69 Å². The molecule has 0 saturated carbocycles. The molecule has 3 rings (SSSR count). The van der Waals surface area contributed by atoms with E-state index in [4.69, 9.17) is 0 Å². The van der Waals surface area contributed by atoms with E-state index >= 15 is 0 Å². The smallest absolute Gasteiger partial charge is 0.272 e. The van der Waals surface area contributed by atoms with Crippen LogP contribution in [0.2, 0.25) is 0 Å².